The molecular weight excluding hydrogens is 174 g/mol. The highest BCUT2D eigenvalue weighted by molar-refractivity contribution is 7.80. The fraction of sp³-hybridized carbons (Fsp3) is 0.375. The second kappa shape index (κ2) is 3.32. The van der Waals surface area contributed by atoms with E-state index in [4.69, 9.17) is 12.2 Å². The van der Waals surface area contributed by atoms with E-state index in [-0.39, 0.29) is 0 Å². The Morgan fingerprint density at radius 1 is 1.55 bits per heavy atom. The van der Waals surface area contributed by atoms with Gasteiger partial charge in [-0.05, 0) is 26.3 Å². The molecule has 0 bridgehead atoms. The summed E-state index contributed by atoms with van der Waals surface area (Å²) in [6, 6.07) is 0. The van der Waals surface area contributed by atoms with Crippen LogP contribution in [0.25, 0.3) is 0 Å². The molecular formula is C8H11NS2. The summed E-state index contributed by atoms with van der Waals surface area (Å²) in [5.41, 5.74) is 2.46. The number of hydrogen-bond donors (Lipinski definition) is 1. The Kier molecular flexibility index (Phi) is 2.62. The van der Waals surface area contributed by atoms with Crippen molar-refractivity contribution in [3.8, 4) is 0 Å². The monoisotopic (exact) mass is 185 g/mol. The Morgan fingerprint density at radius 3 is 2.55 bits per heavy atom. The molecule has 3 heteroatoms. The second-order valence-electron chi connectivity index (χ2n) is 2.51. The van der Waals surface area contributed by atoms with Gasteiger partial charge in [0, 0.05) is 10.3 Å². The van der Waals surface area contributed by atoms with Crippen LogP contribution < -0.4 is 5.32 Å². The molecule has 1 aromatic rings. The molecule has 1 N–H and O–H groups in total. The molecule has 0 aromatic carbocycles. The summed E-state index contributed by atoms with van der Waals surface area (Å²) in [6.07, 6.45) is 0. The minimum absolute atomic E-state index is 0.825. The molecule has 0 unspecified atom stereocenters. The van der Waals surface area contributed by atoms with Gasteiger partial charge in [0.2, 0.25) is 0 Å². The van der Waals surface area contributed by atoms with Crippen LogP contribution in [0, 0.1) is 13.8 Å². The van der Waals surface area contributed by atoms with Gasteiger partial charge in [-0.3, -0.25) is 0 Å². The highest BCUT2D eigenvalue weighted by Gasteiger charge is 2.02. The molecule has 0 saturated carbocycles. The highest BCUT2D eigenvalue weighted by atomic mass is 32.1. The van der Waals surface area contributed by atoms with Crippen molar-refractivity contribution in [3.63, 3.8) is 0 Å². The van der Waals surface area contributed by atoms with E-state index in [1.165, 1.54) is 10.4 Å². The highest BCUT2D eigenvalue weighted by Crippen LogP contribution is 2.25. The summed E-state index contributed by atoms with van der Waals surface area (Å²) in [7, 11) is 0. The lowest BCUT2D eigenvalue weighted by atomic mass is 10.2. The van der Waals surface area contributed by atoms with Gasteiger partial charge in [0.15, 0.2) is 0 Å². The number of hydrogen-bond acceptors (Lipinski definition) is 2. The van der Waals surface area contributed by atoms with E-state index in [9.17, 15) is 0 Å². The van der Waals surface area contributed by atoms with E-state index >= 15 is 0 Å². The Bertz CT molecular complexity index is 276. The number of thiophene rings is 1. The Hall–Kier alpha value is -0.410. The summed E-state index contributed by atoms with van der Waals surface area (Å²) < 4.78 is 0. The summed E-state index contributed by atoms with van der Waals surface area (Å²) in [5.74, 6) is 0. The fourth-order valence-corrected chi connectivity index (χ4v) is 1.75. The van der Waals surface area contributed by atoms with Gasteiger partial charge in [-0.2, -0.15) is 0 Å². The summed E-state index contributed by atoms with van der Waals surface area (Å²) >= 11 is 6.69. The van der Waals surface area contributed by atoms with Crippen LogP contribution in [0.2, 0.25) is 0 Å². The van der Waals surface area contributed by atoms with E-state index in [2.05, 4.69) is 24.5 Å². The molecule has 1 heterocycles. The lowest BCUT2D eigenvalue weighted by Gasteiger charge is -2.01. The SMILES string of the molecule is CC(=S)Nc1csc(C)c1C. The van der Waals surface area contributed by atoms with Gasteiger partial charge in [-0.25, -0.2) is 0 Å². The molecule has 0 fully saturated rings. The van der Waals surface area contributed by atoms with Crippen LogP contribution in [0.4, 0.5) is 5.69 Å². The van der Waals surface area contributed by atoms with Crippen molar-refractivity contribution in [2.75, 3.05) is 5.32 Å². The average Bonchev–Trinajstić information content (AvgIpc) is 2.18. The molecule has 1 rings (SSSR count). The zero-order chi connectivity index (χ0) is 8.43. The molecule has 1 nitrogen and oxygen atoms in total. The van der Waals surface area contributed by atoms with Gasteiger partial charge in [0.1, 0.15) is 0 Å². The molecule has 0 spiro atoms. The van der Waals surface area contributed by atoms with Crippen LogP contribution >= 0.6 is 23.6 Å². The molecule has 11 heavy (non-hydrogen) atoms. The number of nitrogens with one attached hydrogen (secondary N) is 1. The zero-order valence-corrected chi connectivity index (χ0v) is 8.53. The normalized spacial score (nSPS) is 9.73. The van der Waals surface area contributed by atoms with Crippen molar-refractivity contribution >= 4 is 34.2 Å². The number of thiocarbonyl (C=S) groups is 1. The van der Waals surface area contributed by atoms with Gasteiger partial charge in [-0.15, -0.1) is 11.3 Å². The van der Waals surface area contributed by atoms with Gasteiger partial charge in [0.05, 0.1) is 10.7 Å². The summed E-state index contributed by atoms with van der Waals surface area (Å²) in [5, 5.41) is 5.23. The van der Waals surface area contributed by atoms with Crippen LogP contribution in [-0.4, -0.2) is 4.99 Å². The first kappa shape index (κ1) is 8.68. The van der Waals surface area contributed by atoms with E-state index in [0.29, 0.717) is 0 Å². The lowest BCUT2D eigenvalue weighted by Crippen LogP contribution is -2.03. The molecule has 0 saturated heterocycles. The van der Waals surface area contributed by atoms with Crippen molar-refractivity contribution in [3.05, 3.63) is 15.8 Å². The van der Waals surface area contributed by atoms with Crippen LogP contribution in [0.1, 0.15) is 17.4 Å². The maximum absolute atomic E-state index is 4.94. The molecule has 0 aliphatic rings. The molecule has 0 radical (unpaired) electrons. The van der Waals surface area contributed by atoms with Gasteiger partial charge in [-0.1, -0.05) is 12.2 Å². The smallest absolute Gasteiger partial charge is 0.0766 e. The quantitative estimate of drug-likeness (QED) is 0.675. The van der Waals surface area contributed by atoms with Crippen molar-refractivity contribution in [2.45, 2.75) is 20.8 Å². The molecule has 0 aliphatic carbocycles. The number of aryl methyl sites for hydroxylation is 1. The van der Waals surface area contributed by atoms with E-state index in [0.717, 1.165) is 10.7 Å². The summed E-state index contributed by atoms with van der Waals surface area (Å²) in [4.78, 5) is 2.18. The molecule has 0 amide bonds. The van der Waals surface area contributed by atoms with E-state index in [1.54, 1.807) is 11.3 Å². The minimum Gasteiger partial charge on any atom is -0.349 e. The maximum Gasteiger partial charge on any atom is 0.0766 e. The molecule has 1 aromatic heterocycles. The molecule has 0 aliphatic heterocycles. The third kappa shape index (κ3) is 2.01. The fourth-order valence-electron chi connectivity index (χ4n) is 0.827. The third-order valence-corrected chi connectivity index (χ3v) is 2.71. The third-order valence-electron chi connectivity index (χ3n) is 1.60. The molecule has 60 valence electrons. The standard InChI is InChI=1S/C8H11NS2/c1-5-6(2)11-4-8(5)9-7(3)10/h4H,1-3H3,(H,9,10). The van der Waals surface area contributed by atoms with E-state index in [1.807, 2.05) is 6.92 Å². The predicted molar refractivity (Wildman–Crippen MR) is 55.7 cm³/mol. The second-order valence-corrected chi connectivity index (χ2v) is 4.21. The number of anilines is 1. The Morgan fingerprint density at radius 2 is 2.18 bits per heavy atom. The van der Waals surface area contributed by atoms with E-state index < -0.39 is 0 Å². The Labute approximate surface area is 76.4 Å². The number of rotatable bonds is 1. The lowest BCUT2D eigenvalue weighted by molar-refractivity contribution is 1.43. The predicted octanol–water partition coefficient (Wildman–Crippen LogP) is 3.12. The van der Waals surface area contributed by atoms with Crippen LogP contribution in [0.5, 0.6) is 0 Å². The van der Waals surface area contributed by atoms with Gasteiger partial charge in [0.25, 0.3) is 0 Å². The van der Waals surface area contributed by atoms with Crippen LogP contribution in [0.15, 0.2) is 5.38 Å². The van der Waals surface area contributed by atoms with Crippen LogP contribution in [-0.2, 0) is 0 Å². The molecule has 0 atom stereocenters. The average molecular weight is 185 g/mol. The van der Waals surface area contributed by atoms with Crippen molar-refractivity contribution < 1.29 is 0 Å². The van der Waals surface area contributed by atoms with Gasteiger partial charge >= 0.3 is 0 Å². The first-order valence-corrected chi connectivity index (χ1v) is 4.72. The Balaban J connectivity index is 2.87. The van der Waals surface area contributed by atoms with Gasteiger partial charge < -0.3 is 5.32 Å². The topological polar surface area (TPSA) is 12.0 Å². The first-order valence-electron chi connectivity index (χ1n) is 3.43. The van der Waals surface area contributed by atoms with Crippen molar-refractivity contribution in [2.24, 2.45) is 0 Å². The van der Waals surface area contributed by atoms with Crippen molar-refractivity contribution in [1.82, 2.24) is 0 Å². The van der Waals surface area contributed by atoms with Crippen LogP contribution in [0.3, 0.4) is 0 Å². The first-order chi connectivity index (χ1) is 5.11. The summed E-state index contributed by atoms with van der Waals surface area (Å²) in [6.45, 7) is 6.11. The minimum atomic E-state index is 0.825. The van der Waals surface area contributed by atoms with Crippen molar-refractivity contribution in [1.29, 1.82) is 0 Å². The zero-order valence-electron chi connectivity index (χ0n) is 6.89. The maximum atomic E-state index is 4.94. The largest absolute Gasteiger partial charge is 0.349 e.